The van der Waals surface area contributed by atoms with Crippen LogP contribution < -0.4 is 10.5 Å². The molecule has 0 bridgehead atoms. The summed E-state index contributed by atoms with van der Waals surface area (Å²) >= 11 is 0. The zero-order chi connectivity index (χ0) is 15.5. The molecule has 1 aliphatic rings. The number of ether oxygens (including phenoxy) is 2. The first kappa shape index (κ1) is 16.0. The summed E-state index contributed by atoms with van der Waals surface area (Å²) in [6, 6.07) is 5.25. The van der Waals surface area contributed by atoms with Crippen molar-refractivity contribution in [3.63, 3.8) is 0 Å². The van der Waals surface area contributed by atoms with Crippen molar-refractivity contribution in [2.45, 2.75) is 31.4 Å². The first-order valence-electron chi connectivity index (χ1n) is 6.69. The van der Waals surface area contributed by atoms with Crippen molar-refractivity contribution in [3.8, 4) is 5.75 Å². The van der Waals surface area contributed by atoms with Crippen LogP contribution in [0.3, 0.4) is 0 Å². The van der Waals surface area contributed by atoms with Crippen LogP contribution in [0.2, 0.25) is 0 Å². The van der Waals surface area contributed by atoms with E-state index in [1.807, 2.05) is 0 Å². The Morgan fingerprint density at radius 3 is 2.43 bits per heavy atom. The quantitative estimate of drug-likeness (QED) is 0.849. The molecular formula is C14H17F4NO2. The average Bonchev–Trinajstić information content (AvgIpc) is 2.47. The minimum absolute atomic E-state index is 0.0451. The first-order valence-corrected chi connectivity index (χ1v) is 6.69. The highest BCUT2D eigenvalue weighted by molar-refractivity contribution is 5.36. The minimum Gasteiger partial charge on any atom is -0.428 e. The van der Waals surface area contributed by atoms with E-state index < -0.39 is 18.6 Å². The molecule has 0 saturated carbocycles. The molecule has 1 heterocycles. The van der Waals surface area contributed by atoms with E-state index in [1.165, 1.54) is 18.2 Å². The Balaban J connectivity index is 2.19. The molecule has 1 saturated heterocycles. The summed E-state index contributed by atoms with van der Waals surface area (Å²) in [5.74, 6) is -0.259. The molecule has 0 unspecified atom stereocenters. The van der Waals surface area contributed by atoms with Gasteiger partial charge in [0.15, 0.2) is 0 Å². The van der Waals surface area contributed by atoms with Gasteiger partial charge in [0.25, 0.3) is 0 Å². The number of para-hydroxylation sites is 1. The van der Waals surface area contributed by atoms with Gasteiger partial charge in [-0.25, -0.2) is 0 Å². The molecule has 3 nitrogen and oxygen atoms in total. The molecule has 0 amide bonds. The van der Waals surface area contributed by atoms with E-state index in [4.69, 9.17) is 10.5 Å². The van der Waals surface area contributed by atoms with Gasteiger partial charge >= 0.3 is 12.5 Å². The zero-order valence-corrected chi connectivity index (χ0v) is 11.3. The summed E-state index contributed by atoms with van der Waals surface area (Å²) in [5, 5.41) is 0. The van der Waals surface area contributed by atoms with Gasteiger partial charge in [0.1, 0.15) is 5.75 Å². The molecule has 1 aliphatic heterocycles. The van der Waals surface area contributed by atoms with Crippen LogP contribution >= 0.6 is 0 Å². The van der Waals surface area contributed by atoms with E-state index in [-0.39, 0.29) is 11.7 Å². The predicted octanol–water partition coefficient (Wildman–Crippen LogP) is 3.35. The third kappa shape index (κ3) is 3.85. The second-order valence-corrected chi connectivity index (χ2v) is 4.98. The van der Waals surface area contributed by atoms with Crippen molar-refractivity contribution in [3.05, 3.63) is 29.8 Å². The molecule has 21 heavy (non-hydrogen) atoms. The summed E-state index contributed by atoms with van der Waals surface area (Å²) in [7, 11) is 0. The maximum absolute atomic E-state index is 13.1. The molecule has 2 rings (SSSR count). The van der Waals surface area contributed by atoms with E-state index >= 15 is 0 Å². The van der Waals surface area contributed by atoms with Gasteiger partial charge in [-0.1, -0.05) is 18.2 Å². The number of halogens is 4. The van der Waals surface area contributed by atoms with Crippen molar-refractivity contribution in [2.75, 3.05) is 13.2 Å². The molecular weight excluding hydrogens is 290 g/mol. The molecule has 1 atom stereocenters. The van der Waals surface area contributed by atoms with Gasteiger partial charge < -0.3 is 15.2 Å². The molecule has 2 N–H and O–H groups in total. The topological polar surface area (TPSA) is 44.5 Å². The van der Waals surface area contributed by atoms with Crippen LogP contribution in [0.4, 0.5) is 17.6 Å². The summed E-state index contributed by atoms with van der Waals surface area (Å²) in [6.07, 6.45) is -7.04. The minimum atomic E-state index is -4.54. The molecule has 1 aromatic rings. The highest BCUT2D eigenvalue weighted by atomic mass is 19.3. The molecule has 0 spiro atoms. The Kier molecular flexibility index (Phi) is 5.05. The van der Waals surface area contributed by atoms with Crippen molar-refractivity contribution >= 4 is 0 Å². The number of hydrogen-bond acceptors (Lipinski definition) is 3. The SMILES string of the molecule is N[C@H](c1ccccc1OC(F)(F)C(F)F)C1CCOCC1. The Morgan fingerprint density at radius 2 is 1.81 bits per heavy atom. The lowest BCUT2D eigenvalue weighted by molar-refractivity contribution is -0.253. The highest BCUT2D eigenvalue weighted by Gasteiger charge is 2.44. The third-order valence-electron chi connectivity index (χ3n) is 3.55. The summed E-state index contributed by atoms with van der Waals surface area (Å²) < 4.78 is 60.1. The van der Waals surface area contributed by atoms with E-state index in [0.717, 1.165) is 0 Å². The fourth-order valence-electron chi connectivity index (χ4n) is 2.37. The van der Waals surface area contributed by atoms with Gasteiger partial charge in [-0.15, -0.1) is 0 Å². The van der Waals surface area contributed by atoms with E-state index in [1.54, 1.807) is 6.07 Å². The fraction of sp³-hybridized carbons (Fsp3) is 0.571. The molecule has 1 fully saturated rings. The third-order valence-corrected chi connectivity index (χ3v) is 3.55. The number of alkyl halides is 4. The summed E-state index contributed by atoms with van der Waals surface area (Å²) in [5.41, 5.74) is 6.41. The standard InChI is InChI=1S/C14H17F4NO2/c15-13(16)14(17,18)21-11-4-2-1-3-10(11)12(19)9-5-7-20-8-6-9/h1-4,9,12-13H,5-8,19H2/t12-/m0/s1. The van der Waals surface area contributed by atoms with E-state index in [0.29, 0.717) is 31.6 Å². The highest BCUT2D eigenvalue weighted by Crippen LogP contribution is 2.36. The monoisotopic (exact) mass is 307 g/mol. The van der Waals surface area contributed by atoms with Gasteiger partial charge in [-0.2, -0.15) is 17.6 Å². The van der Waals surface area contributed by atoms with E-state index in [9.17, 15) is 17.6 Å². The number of hydrogen-bond donors (Lipinski definition) is 1. The molecule has 0 radical (unpaired) electrons. The smallest absolute Gasteiger partial charge is 0.428 e. The van der Waals surface area contributed by atoms with Crippen LogP contribution in [0.1, 0.15) is 24.4 Å². The van der Waals surface area contributed by atoms with Crippen molar-refractivity contribution in [1.29, 1.82) is 0 Å². The number of rotatable bonds is 5. The Bertz CT molecular complexity index is 464. The molecule has 118 valence electrons. The lowest BCUT2D eigenvalue weighted by Gasteiger charge is -2.29. The average molecular weight is 307 g/mol. The van der Waals surface area contributed by atoms with Crippen LogP contribution in [0.25, 0.3) is 0 Å². The van der Waals surface area contributed by atoms with Crippen molar-refractivity contribution < 1.29 is 27.0 Å². The number of benzene rings is 1. The zero-order valence-electron chi connectivity index (χ0n) is 11.3. The Labute approximate surface area is 120 Å². The van der Waals surface area contributed by atoms with Crippen molar-refractivity contribution in [1.82, 2.24) is 0 Å². The van der Waals surface area contributed by atoms with Crippen LogP contribution in [-0.2, 0) is 4.74 Å². The van der Waals surface area contributed by atoms with Crippen LogP contribution in [-0.4, -0.2) is 25.7 Å². The Hall–Kier alpha value is -1.34. The lowest BCUT2D eigenvalue weighted by atomic mass is 9.87. The van der Waals surface area contributed by atoms with Gasteiger partial charge in [-0.05, 0) is 24.8 Å². The van der Waals surface area contributed by atoms with Gasteiger partial charge in [0.2, 0.25) is 0 Å². The second kappa shape index (κ2) is 6.62. The number of nitrogens with two attached hydrogens (primary N) is 1. The van der Waals surface area contributed by atoms with Gasteiger partial charge in [0, 0.05) is 24.8 Å². The second-order valence-electron chi connectivity index (χ2n) is 4.98. The van der Waals surface area contributed by atoms with Crippen LogP contribution in [0.5, 0.6) is 5.75 Å². The largest absolute Gasteiger partial charge is 0.461 e. The molecule has 1 aromatic carbocycles. The predicted molar refractivity (Wildman–Crippen MR) is 68.5 cm³/mol. The molecule has 7 heteroatoms. The molecule has 0 aliphatic carbocycles. The Morgan fingerprint density at radius 1 is 1.19 bits per heavy atom. The molecule has 0 aromatic heterocycles. The van der Waals surface area contributed by atoms with E-state index in [2.05, 4.69) is 4.74 Å². The normalized spacial score (nSPS) is 18.8. The maximum Gasteiger partial charge on any atom is 0.461 e. The van der Waals surface area contributed by atoms with Crippen LogP contribution in [0, 0.1) is 5.92 Å². The summed E-state index contributed by atoms with van der Waals surface area (Å²) in [4.78, 5) is 0. The van der Waals surface area contributed by atoms with Gasteiger partial charge in [-0.3, -0.25) is 0 Å². The summed E-state index contributed by atoms with van der Waals surface area (Å²) in [6.45, 7) is 1.10. The van der Waals surface area contributed by atoms with Gasteiger partial charge in [0.05, 0.1) is 0 Å². The van der Waals surface area contributed by atoms with Crippen molar-refractivity contribution in [2.24, 2.45) is 11.7 Å². The first-order chi connectivity index (χ1) is 9.92. The fourth-order valence-corrected chi connectivity index (χ4v) is 2.37. The van der Waals surface area contributed by atoms with Crippen LogP contribution in [0.15, 0.2) is 24.3 Å². The lowest BCUT2D eigenvalue weighted by Crippen LogP contribution is -2.34. The maximum atomic E-state index is 13.1.